The number of nitrogens with one attached hydrogen (secondary N) is 1. The van der Waals surface area contributed by atoms with Crippen LogP contribution >= 0.6 is 0 Å². The number of aromatic nitrogens is 1. The van der Waals surface area contributed by atoms with Gasteiger partial charge in [0.05, 0.1) is 0 Å². The van der Waals surface area contributed by atoms with Crippen molar-refractivity contribution in [1.82, 2.24) is 9.88 Å². The van der Waals surface area contributed by atoms with Crippen molar-refractivity contribution in [3.63, 3.8) is 0 Å². The topological polar surface area (TPSA) is 62.1 Å². The van der Waals surface area contributed by atoms with E-state index in [1.165, 1.54) is 0 Å². The Morgan fingerprint density at radius 2 is 2.24 bits per heavy atom. The fourth-order valence-electron chi connectivity index (χ4n) is 2.33. The molecule has 4 heteroatoms. The molecule has 2 aromatic rings. The van der Waals surface area contributed by atoms with Gasteiger partial charge in [-0.3, -0.25) is 4.79 Å². The lowest BCUT2D eigenvalue weighted by atomic mass is 10.2. The van der Waals surface area contributed by atoms with Crippen molar-refractivity contribution in [2.75, 3.05) is 13.1 Å². The van der Waals surface area contributed by atoms with E-state index in [2.05, 4.69) is 4.98 Å². The van der Waals surface area contributed by atoms with Crippen LogP contribution in [0, 0.1) is 0 Å². The molecule has 0 spiro atoms. The number of para-hydroxylation sites is 1. The van der Waals surface area contributed by atoms with Crippen molar-refractivity contribution in [1.29, 1.82) is 0 Å². The fraction of sp³-hybridized carbons (Fsp3) is 0.308. The molecule has 0 bridgehead atoms. The highest BCUT2D eigenvalue weighted by Crippen LogP contribution is 2.17. The predicted molar refractivity (Wildman–Crippen MR) is 66.8 cm³/mol. The third kappa shape index (κ3) is 1.80. The number of benzene rings is 1. The monoisotopic (exact) mass is 229 g/mol. The number of amides is 1. The van der Waals surface area contributed by atoms with Gasteiger partial charge in [0.2, 0.25) is 0 Å². The van der Waals surface area contributed by atoms with E-state index in [1.807, 2.05) is 35.2 Å². The van der Waals surface area contributed by atoms with Crippen molar-refractivity contribution in [3.05, 3.63) is 36.0 Å². The first kappa shape index (κ1) is 10.4. The molecular weight excluding hydrogens is 214 g/mol. The average molecular weight is 229 g/mol. The van der Waals surface area contributed by atoms with Crippen LogP contribution in [-0.2, 0) is 0 Å². The van der Waals surface area contributed by atoms with Crippen LogP contribution in [0.25, 0.3) is 10.9 Å². The van der Waals surface area contributed by atoms with Gasteiger partial charge in [-0.2, -0.15) is 0 Å². The summed E-state index contributed by atoms with van der Waals surface area (Å²) in [5, 5.41) is 1.07. The van der Waals surface area contributed by atoms with Gasteiger partial charge in [-0.25, -0.2) is 0 Å². The molecule has 4 nitrogen and oxygen atoms in total. The maximum absolute atomic E-state index is 12.2. The normalized spacial score (nSPS) is 20.1. The summed E-state index contributed by atoms with van der Waals surface area (Å²) >= 11 is 0. The van der Waals surface area contributed by atoms with Gasteiger partial charge in [-0.15, -0.1) is 0 Å². The maximum Gasteiger partial charge on any atom is 0.270 e. The standard InChI is InChI=1S/C13H15N3O/c14-10-5-6-16(8-10)13(17)12-7-9-3-1-2-4-11(9)15-12/h1-4,7,10,15H,5-6,8,14H2/t10-/m1/s1. The Morgan fingerprint density at radius 1 is 1.41 bits per heavy atom. The molecule has 1 atom stereocenters. The number of hydrogen-bond acceptors (Lipinski definition) is 2. The minimum atomic E-state index is 0.0501. The van der Waals surface area contributed by atoms with Crippen molar-refractivity contribution < 1.29 is 4.79 Å². The molecule has 3 rings (SSSR count). The van der Waals surface area contributed by atoms with Gasteiger partial charge in [0.1, 0.15) is 5.69 Å². The van der Waals surface area contributed by atoms with Crippen LogP contribution in [0.3, 0.4) is 0 Å². The lowest BCUT2D eigenvalue weighted by molar-refractivity contribution is 0.0786. The first-order valence-electron chi connectivity index (χ1n) is 5.86. The lowest BCUT2D eigenvalue weighted by Crippen LogP contribution is -2.32. The minimum absolute atomic E-state index is 0.0501. The first-order chi connectivity index (χ1) is 8.24. The number of aromatic amines is 1. The lowest BCUT2D eigenvalue weighted by Gasteiger charge is -2.14. The van der Waals surface area contributed by atoms with Crippen LogP contribution in [0.1, 0.15) is 16.9 Å². The number of likely N-dealkylation sites (tertiary alicyclic amines) is 1. The van der Waals surface area contributed by atoms with E-state index in [-0.39, 0.29) is 11.9 Å². The van der Waals surface area contributed by atoms with Gasteiger partial charge in [0, 0.05) is 30.0 Å². The molecule has 1 fully saturated rings. The summed E-state index contributed by atoms with van der Waals surface area (Å²) in [4.78, 5) is 17.2. The molecule has 1 aliphatic heterocycles. The molecular formula is C13H15N3O. The number of nitrogens with two attached hydrogens (primary N) is 1. The Morgan fingerprint density at radius 3 is 2.94 bits per heavy atom. The average Bonchev–Trinajstić information content (AvgIpc) is 2.93. The Labute approximate surface area is 99.4 Å². The van der Waals surface area contributed by atoms with Crippen LogP contribution in [0.5, 0.6) is 0 Å². The number of carbonyl (C=O) groups excluding carboxylic acids is 1. The molecule has 1 saturated heterocycles. The van der Waals surface area contributed by atoms with Crippen LogP contribution in [-0.4, -0.2) is 34.9 Å². The SMILES string of the molecule is N[C@@H]1CCN(C(=O)c2cc3ccccc3[nH]2)C1. The third-order valence-corrected chi connectivity index (χ3v) is 3.27. The van der Waals surface area contributed by atoms with Gasteiger partial charge in [-0.05, 0) is 18.6 Å². The van der Waals surface area contributed by atoms with Crippen LogP contribution in [0.4, 0.5) is 0 Å². The summed E-state index contributed by atoms with van der Waals surface area (Å²) in [5.74, 6) is 0.0501. The molecule has 1 amide bonds. The molecule has 0 unspecified atom stereocenters. The number of carbonyl (C=O) groups is 1. The quantitative estimate of drug-likeness (QED) is 0.775. The Bertz CT molecular complexity index is 528. The Hall–Kier alpha value is -1.81. The highest BCUT2D eigenvalue weighted by atomic mass is 16.2. The summed E-state index contributed by atoms with van der Waals surface area (Å²) in [6, 6.07) is 9.93. The summed E-state index contributed by atoms with van der Waals surface area (Å²) in [7, 11) is 0. The number of hydrogen-bond donors (Lipinski definition) is 2. The molecule has 0 radical (unpaired) electrons. The van der Waals surface area contributed by atoms with Gasteiger partial charge in [0.25, 0.3) is 5.91 Å². The van der Waals surface area contributed by atoms with Crippen LogP contribution < -0.4 is 5.73 Å². The van der Waals surface area contributed by atoms with Gasteiger partial charge >= 0.3 is 0 Å². The number of nitrogens with zero attached hydrogens (tertiary/aromatic N) is 1. The van der Waals surface area contributed by atoms with E-state index in [1.54, 1.807) is 0 Å². The Kier molecular flexibility index (Phi) is 2.37. The van der Waals surface area contributed by atoms with Crippen molar-refractivity contribution in [2.45, 2.75) is 12.5 Å². The molecule has 2 heterocycles. The second kappa shape index (κ2) is 3.89. The summed E-state index contributed by atoms with van der Waals surface area (Å²) in [6.45, 7) is 1.42. The molecule has 3 N–H and O–H groups in total. The molecule has 1 aliphatic rings. The van der Waals surface area contributed by atoms with Crippen LogP contribution in [0.2, 0.25) is 0 Å². The van der Waals surface area contributed by atoms with Gasteiger partial charge < -0.3 is 15.6 Å². The zero-order chi connectivity index (χ0) is 11.8. The highest BCUT2D eigenvalue weighted by Gasteiger charge is 2.25. The van der Waals surface area contributed by atoms with E-state index in [9.17, 15) is 4.79 Å². The zero-order valence-electron chi connectivity index (χ0n) is 9.52. The smallest absolute Gasteiger partial charge is 0.270 e. The number of fused-ring (bicyclic) bond motifs is 1. The number of H-pyrrole nitrogens is 1. The third-order valence-electron chi connectivity index (χ3n) is 3.27. The van der Waals surface area contributed by atoms with E-state index in [0.29, 0.717) is 12.2 Å². The van der Waals surface area contributed by atoms with E-state index >= 15 is 0 Å². The van der Waals surface area contributed by atoms with E-state index < -0.39 is 0 Å². The largest absolute Gasteiger partial charge is 0.351 e. The van der Waals surface area contributed by atoms with Crippen molar-refractivity contribution in [2.24, 2.45) is 5.73 Å². The summed E-state index contributed by atoms with van der Waals surface area (Å²) < 4.78 is 0. The summed E-state index contributed by atoms with van der Waals surface area (Å²) in [6.07, 6.45) is 0.895. The molecule has 0 aliphatic carbocycles. The molecule has 0 saturated carbocycles. The van der Waals surface area contributed by atoms with Crippen molar-refractivity contribution in [3.8, 4) is 0 Å². The fourth-order valence-corrected chi connectivity index (χ4v) is 2.33. The summed E-state index contributed by atoms with van der Waals surface area (Å²) in [5.41, 5.74) is 7.46. The number of rotatable bonds is 1. The predicted octanol–water partition coefficient (Wildman–Crippen LogP) is 1.34. The van der Waals surface area contributed by atoms with E-state index in [4.69, 9.17) is 5.73 Å². The van der Waals surface area contributed by atoms with Crippen molar-refractivity contribution >= 4 is 16.8 Å². The zero-order valence-corrected chi connectivity index (χ0v) is 9.52. The molecule has 1 aromatic carbocycles. The molecule has 1 aromatic heterocycles. The highest BCUT2D eigenvalue weighted by molar-refractivity contribution is 5.98. The van der Waals surface area contributed by atoms with Crippen LogP contribution in [0.15, 0.2) is 30.3 Å². The van der Waals surface area contributed by atoms with E-state index in [0.717, 1.165) is 23.9 Å². The Balaban J connectivity index is 1.90. The molecule has 88 valence electrons. The van der Waals surface area contributed by atoms with Gasteiger partial charge in [0.15, 0.2) is 0 Å². The minimum Gasteiger partial charge on any atom is -0.351 e. The second-order valence-corrected chi connectivity index (χ2v) is 4.57. The van der Waals surface area contributed by atoms with Gasteiger partial charge in [-0.1, -0.05) is 18.2 Å². The second-order valence-electron chi connectivity index (χ2n) is 4.57. The first-order valence-corrected chi connectivity index (χ1v) is 5.86. The maximum atomic E-state index is 12.2. The molecule has 17 heavy (non-hydrogen) atoms.